The van der Waals surface area contributed by atoms with E-state index in [0.29, 0.717) is 0 Å². The van der Waals surface area contributed by atoms with E-state index in [9.17, 15) is 23.7 Å². The molecule has 0 aromatic heterocycles. The average molecular weight is 311 g/mol. The van der Waals surface area contributed by atoms with Crippen LogP contribution in [0.1, 0.15) is 10.4 Å². The van der Waals surface area contributed by atoms with Crippen LogP contribution in [0.3, 0.4) is 0 Å². The molecule has 112 valence electrons. The number of hydrogen-bond donors (Lipinski definition) is 3. The van der Waals surface area contributed by atoms with Gasteiger partial charge in [-0.1, -0.05) is 0 Å². The smallest absolute Gasteiger partial charge is 0.292 e. The molecule has 1 rings (SSSR count). The van der Waals surface area contributed by atoms with E-state index in [-0.39, 0.29) is 23.7 Å². The zero-order valence-corrected chi connectivity index (χ0v) is 11.0. The molecule has 0 aliphatic carbocycles. The molecule has 10 heteroatoms. The molecule has 0 saturated carbocycles. The third-order valence-corrected chi connectivity index (χ3v) is 2.30. The molecular weight excluding hydrogens is 298 g/mol. The molecule has 0 radical (unpaired) electrons. The van der Waals surface area contributed by atoms with Gasteiger partial charge in [-0.3, -0.25) is 14.9 Å². The summed E-state index contributed by atoms with van der Waals surface area (Å²) < 4.78 is 25.7. The minimum absolute atomic E-state index is 0. The molecule has 0 fully saturated rings. The fourth-order valence-electron chi connectivity index (χ4n) is 1.23. The standard InChI is InChI=1S/C10H12F2N4O3.ClH/c11-10(12,4-13)5-15-9(17)6-1-2-7(14)8(3-6)16(18)19;/h1-3H,4-5,13-14H2,(H,15,17);1H. The summed E-state index contributed by atoms with van der Waals surface area (Å²) in [6, 6.07) is 3.29. The van der Waals surface area contributed by atoms with Crippen LogP contribution in [0.25, 0.3) is 0 Å². The third kappa shape index (κ3) is 4.59. The maximum atomic E-state index is 12.8. The van der Waals surface area contributed by atoms with E-state index >= 15 is 0 Å². The van der Waals surface area contributed by atoms with Crippen molar-refractivity contribution in [3.05, 3.63) is 33.9 Å². The average Bonchev–Trinajstić information content (AvgIpc) is 2.36. The number of rotatable bonds is 5. The molecule has 5 N–H and O–H groups in total. The number of nitrogens with zero attached hydrogens (tertiary/aromatic N) is 1. The van der Waals surface area contributed by atoms with Crippen LogP contribution in [0.15, 0.2) is 18.2 Å². The summed E-state index contributed by atoms with van der Waals surface area (Å²) in [4.78, 5) is 21.4. The van der Waals surface area contributed by atoms with Crippen molar-refractivity contribution in [2.24, 2.45) is 5.73 Å². The van der Waals surface area contributed by atoms with Gasteiger partial charge in [-0.2, -0.15) is 0 Å². The number of amides is 1. The molecule has 20 heavy (non-hydrogen) atoms. The zero-order chi connectivity index (χ0) is 14.6. The number of nitrogens with one attached hydrogen (secondary N) is 1. The molecule has 7 nitrogen and oxygen atoms in total. The Morgan fingerprint density at radius 3 is 2.55 bits per heavy atom. The highest BCUT2D eigenvalue weighted by molar-refractivity contribution is 5.95. The van der Waals surface area contributed by atoms with Crippen molar-refractivity contribution in [2.75, 3.05) is 18.8 Å². The van der Waals surface area contributed by atoms with E-state index in [1.807, 2.05) is 5.32 Å². The Hall–Kier alpha value is -2.00. The Bertz CT molecular complexity index is 513. The molecule has 0 aliphatic rings. The molecule has 1 aromatic carbocycles. The van der Waals surface area contributed by atoms with Crippen molar-refractivity contribution in [3.8, 4) is 0 Å². The lowest BCUT2D eigenvalue weighted by Crippen LogP contribution is -2.41. The van der Waals surface area contributed by atoms with E-state index in [0.717, 1.165) is 12.1 Å². The summed E-state index contributed by atoms with van der Waals surface area (Å²) in [6.45, 7) is -1.85. The van der Waals surface area contributed by atoms with Gasteiger partial charge in [0.25, 0.3) is 17.5 Å². The number of nitrogen functional groups attached to an aromatic ring is 1. The molecular formula is C10H13ClF2N4O3. The lowest BCUT2D eigenvalue weighted by Gasteiger charge is -2.14. The highest BCUT2D eigenvalue weighted by Gasteiger charge is 2.27. The van der Waals surface area contributed by atoms with Gasteiger partial charge in [-0.05, 0) is 12.1 Å². The van der Waals surface area contributed by atoms with E-state index in [1.54, 1.807) is 0 Å². The van der Waals surface area contributed by atoms with Gasteiger partial charge in [0.1, 0.15) is 5.69 Å². The molecule has 0 saturated heterocycles. The number of carbonyl (C=O) groups is 1. The number of anilines is 1. The summed E-state index contributed by atoms with van der Waals surface area (Å²) in [5.74, 6) is -4.09. The number of nitrogens with two attached hydrogens (primary N) is 2. The van der Waals surface area contributed by atoms with Crippen LogP contribution in [-0.2, 0) is 0 Å². The van der Waals surface area contributed by atoms with Crippen LogP contribution in [0, 0.1) is 10.1 Å². The normalized spacial score (nSPS) is 10.6. The second-order valence-corrected chi connectivity index (χ2v) is 3.77. The van der Waals surface area contributed by atoms with Crippen molar-refractivity contribution >= 4 is 29.7 Å². The van der Waals surface area contributed by atoms with Crippen molar-refractivity contribution in [1.82, 2.24) is 5.32 Å². The first kappa shape index (κ1) is 18.0. The molecule has 0 atom stereocenters. The Labute approximate surface area is 118 Å². The predicted molar refractivity (Wildman–Crippen MR) is 71.1 cm³/mol. The number of alkyl halides is 2. The van der Waals surface area contributed by atoms with Crippen LogP contribution < -0.4 is 16.8 Å². The molecule has 0 bridgehead atoms. The molecule has 0 unspecified atom stereocenters. The first-order chi connectivity index (χ1) is 8.76. The Morgan fingerprint density at radius 1 is 1.45 bits per heavy atom. The summed E-state index contributed by atoms with van der Waals surface area (Å²) >= 11 is 0. The first-order valence-electron chi connectivity index (χ1n) is 5.17. The van der Waals surface area contributed by atoms with Gasteiger partial charge in [-0.25, -0.2) is 8.78 Å². The monoisotopic (exact) mass is 310 g/mol. The van der Waals surface area contributed by atoms with E-state index in [4.69, 9.17) is 11.5 Å². The minimum Gasteiger partial charge on any atom is -0.393 e. The maximum absolute atomic E-state index is 12.8. The van der Waals surface area contributed by atoms with Crippen molar-refractivity contribution in [2.45, 2.75) is 5.92 Å². The van der Waals surface area contributed by atoms with Gasteiger partial charge in [0.2, 0.25) is 0 Å². The summed E-state index contributed by atoms with van der Waals surface area (Å²) in [5.41, 5.74) is 9.45. The van der Waals surface area contributed by atoms with E-state index in [1.165, 1.54) is 6.07 Å². The topological polar surface area (TPSA) is 124 Å². The lowest BCUT2D eigenvalue weighted by atomic mass is 10.1. The second-order valence-electron chi connectivity index (χ2n) is 3.77. The van der Waals surface area contributed by atoms with Gasteiger partial charge in [-0.15, -0.1) is 12.4 Å². The lowest BCUT2D eigenvalue weighted by molar-refractivity contribution is -0.383. The fraction of sp³-hybridized carbons (Fsp3) is 0.300. The SMILES string of the molecule is Cl.NCC(F)(F)CNC(=O)c1ccc(N)c([N+](=O)[O-])c1. The van der Waals surface area contributed by atoms with Gasteiger partial charge in [0, 0.05) is 11.6 Å². The number of benzene rings is 1. The minimum atomic E-state index is -3.23. The van der Waals surface area contributed by atoms with Gasteiger partial charge in [0.05, 0.1) is 18.0 Å². The van der Waals surface area contributed by atoms with Crippen LogP contribution in [0.2, 0.25) is 0 Å². The molecule has 1 aromatic rings. The Morgan fingerprint density at radius 2 is 2.05 bits per heavy atom. The molecule has 0 heterocycles. The van der Waals surface area contributed by atoms with Crippen molar-refractivity contribution < 1.29 is 18.5 Å². The number of hydrogen-bond acceptors (Lipinski definition) is 5. The number of nitro benzene ring substituents is 1. The van der Waals surface area contributed by atoms with E-state index in [2.05, 4.69) is 0 Å². The number of nitro groups is 1. The summed E-state index contributed by atoms with van der Waals surface area (Å²) in [7, 11) is 0. The Balaban J connectivity index is 0.00000361. The number of halogens is 3. The molecule has 0 aliphatic heterocycles. The third-order valence-electron chi connectivity index (χ3n) is 2.30. The highest BCUT2D eigenvalue weighted by atomic mass is 35.5. The van der Waals surface area contributed by atoms with Crippen LogP contribution >= 0.6 is 12.4 Å². The first-order valence-corrected chi connectivity index (χ1v) is 5.17. The quantitative estimate of drug-likeness (QED) is 0.424. The maximum Gasteiger partial charge on any atom is 0.292 e. The predicted octanol–water partition coefficient (Wildman–Crippen LogP) is 0.923. The van der Waals surface area contributed by atoms with Crippen molar-refractivity contribution in [1.29, 1.82) is 0 Å². The molecule has 1 amide bonds. The van der Waals surface area contributed by atoms with Crippen LogP contribution in [-0.4, -0.2) is 29.8 Å². The van der Waals surface area contributed by atoms with Crippen molar-refractivity contribution in [3.63, 3.8) is 0 Å². The second kappa shape index (κ2) is 6.96. The zero-order valence-electron chi connectivity index (χ0n) is 10.1. The van der Waals surface area contributed by atoms with Gasteiger partial charge >= 0.3 is 0 Å². The fourth-order valence-corrected chi connectivity index (χ4v) is 1.23. The van der Waals surface area contributed by atoms with E-state index < -0.39 is 35.5 Å². The summed E-state index contributed by atoms with van der Waals surface area (Å²) in [5, 5.41) is 12.6. The summed E-state index contributed by atoms with van der Waals surface area (Å²) in [6.07, 6.45) is 0. The van der Waals surface area contributed by atoms with Gasteiger partial charge in [0.15, 0.2) is 0 Å². The Kier molecular flexibility index (Phi) is 6.27. The van der Waals surface area contributed by atoms with Gasteiger partial charge < -0.3 is 16.8 Å². The van der Waals surface area contributed by atoms with Crippen LogP contribution in [0.5, 0.6) is 0 Å². The largest absolute Gasteiger partial charge is 0.393 e. The highest BCUT2D eigenvalue weighted by Crippen LogP contribution is 2.22. The number of carbonyl (C=O) groups excluding carboxylic acids is 1. The molecule has 0 spiro atoms. The van der Waals surface area contributed by atoms with Crippen LogP contribution in [0.4, 0.5) is 20.2 Å².